The van der Waals surface area contributed by atoms with Gasteiger partial charge in [-0.2, -0.15) is 0 Å². The fraction of sp³-hybridized carbons (Fsp3) is 0.556. The molecule has 0 bridgehead atoms. The summed E-state index contributed by atoms with van der Waals surface area (Å²) >= 11 is 0. The molecule has 1 heterocycles. The summed E-state index contributed by atoms with van der Waals surface area (Å²) in [5.74, 6) is 2.55. The minimum absolute atomic E-state index is 0.694. The van der Waals surface area contributed by atoms with Crippen LogP contribution >= 0.6 is 0 Å². The molecule has 0 aliphatic heterocycles. The van der Waals surface area contributed by atoms with Gasteiger partial charge in [-0.1, -0.05) is 0 Å². The van der Waals surface area contributed by atoms with Crippen molar-refractivity contribution in [1.29, 1.82) is 0 Å². The third-order valence-electron chi connectivity index (χ3n) is 1.66. The normalized spacial score (nSPS) is 13.1. The number of nitrogens with one attached hydrogen (secondary N) is 1. The Morgan fingerprint density at radius 3 is 2.85 bits per heavy atom. The summed E-state index contributed by atoms with van der Waals surface area (Å²) < 4.78 is 16.1. The van der Waals surface area contributed by atoms with Crippen LogP contribution in [0.4, 0.5) is 0 Å². The molecule has 1 unspecified atom stereocenters. The van der Waals surface area contributed by atoms with Crippen LogP contribution in [-0.2, 0) is 17.3 Å². The smallest absolute Gasteiger partial charge is 0.117 e. The minimum atomic E-state index is -0.711. The topological polar surface area (TPSA) is 42.2 Å². The lowest BCUT2D eigenvalue weighted by Crippen LogP contribution is -2.19. The lowest BCUT2D eigenvalue weighted by atomic mass is 10.4. The zero-order valence-corrected chi connectivity index (χ0v) is 8.82. The fourth-order valence-corrected chi connectivity index (χ4v) is 1.44. The Morgan fingerprint density at radius 2 is 2.31 bits per heavy atom. The number of furan rings is 1. The minimum Gasteiger partial charge on any atom is -0.465 e. The molecule has 3 nitrogen and oxygen atoms in total. The van der Waals surface area contributed by atoms with E-state index in [2.05, 4.69) is 5.32 Å². The maximum atomic E-state index is 10.7. The Kier molecular flexibility index (Phi) is 4.18. The first kappa shape index (κ1) is 10.5. The molecule has 0 spiro atoms. The van der Waals surface area contributed by atoms with Crippen molar-refractivity contribution in [1.82, 2.24) is 5.32 Å². The van der Waals surface area contributed by atoms with Gasteiger partial charge < -0.3 is 9.73 Å². The lowest BCUT2D eigenvalue weighted by molar-refractivity contribution is 0.465. The Bertz CT molecular complexity index is 283. The van der Waals surface area contributed by atoms with Gasteiger partial charge in [-0.15, -0.1) is 0 Å². The molecule has 0 aliphatic rings. The molecular formula is C9H15NO2S. The van der Waals surface area contributed by atoms with Gasteiger partial charge in [-0.05, 0) is 19.1 Å². The van der Waals surface area contributed by atoms with Crippen molar-refractivity contribution in [3.63, 3.8) is 0 Å². The zero-order valence-electron chi connectivity index (χ0n) is 8.00. The molecular weight excluding hydrogens is 186 g/mol. The third kappa shape index (κ3) is 4.24. The van der Waals surface area contributed by atoms with Crippen molar-refractivity contribution in [3.8, 4) is 0 Å². The molecule has 1 atom stereocenters. The summed E-state index contributed by atoms with van der Waals surface area (Å²) in [6.07, 6.45) is 1.71. The van der Waals surface area contributed by atoms with Gasteiger partial charge in [-0.3, -0.25) is 4.21 Å². The van der Waals surface area contributed by atoms with E-state index in [0.717, 1.165) is 18.1 Å². The molecule has 74 valence electrons. The Labute approximate surface area is 81.0 Å². The monoisotopic (exact) mass is 201 g/mol. The van der Waals surface area contributed by atoms with E-state index in [1.807, 2.05) is 19.1 Å². The number of hydrogen-bond donors (Lipinski definition) is 1. The van der Waals surface area contributed by atoms with E-state index in [0.29, 0.717) is 12.3 Å². The highest BCUT2D eigenvalue weighted by Gasteiger charge is 1.97. The number of rotatable bonds is 5. The molecule has 0 aromatic carbocycles. The van der Waals surface area contributed by atoms with Crippen LogP contribution in [0.25, 0.3) is 0 Å². The SMILES string of the molecule is Cc1ccc(CNCCS(C)=O)o1. The summed E-state index contributed by atoms with van der Waals surface area (Å²) in [4.78, 5) is 0. The van der Waals surface area contributed by atoms with Crippen molar-refractivity contribution in [3.05, 3.63) is 23.7 Å². The average molecular weight is 201 g/mol. The fourth-order valence-electron chi connectivity index (χ4n) is 1.01. The van der Waals surface area contributed by atoms with Crippen LogP contribution < -0.4 is 5.32 Å². The van der Waals surface area contributed by atoms with Crippen molar-refractivity contribution >= 4 is 10.8 Å². The second-order valence-corrected chi connectivity index (χ2v) is 4.52. The van der Waals surface area contributed by atoms with Crippen LogP contribution in [-0.4, -0.2) is 22.8 Å². The van der Waals surface area contributed by atoms with E-state index in [4.69, 9.17) is 4.42 Å². The molecule has 0 amide bonds. The summed E-state index contributed by atoms with van der Waals surface area (Å²) in [6.45, 7) is 3.40. The molecule has 0 radical (unpaired) electrons. The summed E-state index contributed by atoms with van der Waals surface area (Å²) in [5.41, 5.74) is 0. The lowest BCUT2D eigenvalue weighted by Gasteiger charge is -1.99. The number of hydrogen-bond acceptors (Lipinski definition) is 3. The van der Waals surface area contributed by atoms with E-state index in [1.165, 1.54) is 0 Å². The molecule has 1 aromatic rings. The van der Waals surface area contributed by atoms with Gasteiger partial charge in [0.05, 0.1) is 6.54 Å². The van der Waals surface area contributed by atoms with Gasteiger partial charge >= 0.3 is 0 Å². The van der Waals surface area contributed by atoms with E-state index in [-0.39, 0.29) is 0 Å². The Hall–Kier alpha value is -0.610. The number of aryl methyl sites for hydroxylation is 1. The van der Waals surface area contributed by atoms with Crippen LogP contribution in [0.5, 0.6) is 0 Å². The van der Waals surface area contributed by atoms with Crippen LogP contribution in [0.1, 0.15) is 11.5 Å². The first-order valence-corrected chi connectivity index (χ1v) is 5.97. The molecule has 13 heavy (non-hydrogen) atoms. The van der Waals surface area contributed by atoms with E-state index < -0.39 is 10.8 Å². The molecule has 0 saturated heterocycles. The summed E-state index contributed by atoms with van der Waals surface area (Å²) in [6, 6.07) is 3.89. The van der Waals surface area contributed by atoms with Gasteiger partial charge in [0.2, 0.25) is 0 Å². The standard InChI is InChI=1S/C9H15NO2S/c1-8-3-4-9(12-8)7-10-5-6-13(2)11/h3-4,10H,5-7H2,1-2H3. The molecule has 1 N–H and O–H groups in total. The highest BCUT2D eigenvalue weighted by atomic mass is 32.2. The molecule has 4 heteroatoms. The predicted molar refractivity (Wildman–Crippen MR) is 54.1 cm³/mol. The predicted octanol–water partition coefficient (Wildman–Crippen LogP) is 1.06. The van der Waals surface area contributed by atoms with Gasteiger partial charge in [-0.25, -0.2) is 0 Å². The summed E-state index contributed by atoms with van der Waals surface area (Å²) in [5, 5.41) is 3.16. The molecule has 1 rings (SSSR count). The molecule has 1 aromatic heterocycles. The van der Waals surface area contributed by atoms with Crippen LogP contribution in [0.2, 0.25) is 0 Å². The molecule has 0 aliphatic carbocycles. The highest BCUT2D eigenvalue weighted by Crippen LogP contribution is 2.04. The van der Waals surface area contributed by atoms with Crippen LogP contribution in [0.3, 0.4) is 0 Å². The van der Waals surface area contributed by atoms with Crippen molar-refractivity contribution in [2.24, 2.45) is 0 Å². The Balaban J connectivity index is 2.16. The van der Waals surface area contributed by atoms with E-state index >= 15 is 0 Å². The quantitative estimate of drug-likeness (QED) is 0.724. The van der Waals surface area contributed by atoms with Crippen LogP contribution in [0, 0.1) is 6.92 Å². The second-order valence-electron chi connectivity index (χ2n) is 2.97. The van der Waals surface area contributed by atoms with Gasteiger partial charge in [0.1, 0.15) is 11.5 Å². The third-order valence-corrected chi connectivity index (χ3v) is 2.44. The summed E-state index contributed by atoms with van der Waals surface area (Å²) in [7, 11) is -0.711. The largest absolute Gasteiger partial charge is 0.465 e. The van der Waals surface area contributed by atoms with E-state index in [9.17, 15) is 4.21 Å². The van der Waals surface area contributed by atoms with Crippen molar-refractivity contribution in [2.75, 3.05) is 18.6 Å². The first-order valence-electron chi connectivity index (χ1n) is 4.24. The average Bonchev–Trinajstić information content (AvgIpc) is 2.45. The zero-order chi connectivity index (χ0) is 9.68. The molecule has 0 saturated carbocycles. The van der Waals surface area contributed by atoms with E-state index in [1.54, 1.807) is 6.26 Å². The first-order chi connectivity index (χ1) is 6.18. The van der Waals surface area contributed by atoms with Crippen LogP contribution in [0.15, 0.2) is 16.5 Å². The Morgan fingerprint density at radius 1 is 1.54 bits per heavy atom. The van der Waals surface area contributed by atoms with Gasteiger partial charge in [0.25, 0.3) is 0 Å². The maximum Gasteiger partial charge on any atom is 0.117 e. The van der Waals surface area contributed by atoms with Crippen molar-refractivity contribution in [2.45, 2.75) is 13.5 Å². The van der Waals surface area contributed by atoms with Gasteiger partial charge in [0.15, 0.2) is 0 Å². The van der Waals surface area contributed by atoms with Gasteiger partial charge in [0, 0.05) is 29.4 Å². The maximum absolute atomic E-state index is 10.7. The second kappa shape index (κ2) is 5.19. The van der Waals surface area contributed by atoms with Crippen molar-refractivity contribution < 1.29 is 8.63 Å². The molecule has 0 fully saturated rings. The highest BCUT2D eigenvalue weighted by molar-refractivity contribution is 7.84.